The molecule has 3 rings (SSSR count). The van der Waals surface area contributed by atoms with Crippen LogP contribution in [0, 0.1) is 20.6 Å². The third-order valence-electron chi connectivity index (χ3n) is 4.45. The maximum atomic E-state index is 10.8. The van der Waals surface area contributed by atoms with Gasteiger partial charge in [0.05, 0.1) is 15.6 Å². The maximum absolute atomic E-state index is 10.8. The summed E-state index contributed by atoms with van der Waals surface area (Å²) in [5, 5.41) is 14.2. The Morgan fingerprint density at radius 1 is 1.07 bits per heavy atom. The second-order valence-corrected chi connectivity index (χ2v) is 7.65. The predicted molar refractivity (Wildman–Crippen MR) is 122 cm³/mol. The molecule has 0 aliphatic carbocycles. The average Bonchev–Trinajstić information content (AvgIpc) is 2.72. The van der Waals surface area contributed by atoms with Crippen molar-refractivity contribution in [2.75, 3.05) is 12.4 Å². The number of para-hydroxylation sites is 1. The van der Waals surface area contributed by atoms with Crippen LogP contribution >= 0.6 is 22.6 Å². The van der Waals surface area contributed by atoms with Gasteiger partial charge in [-0.25, -0.2) is 0 Å². The van der Waals surface area contributed by atoms with Gasteiger partial charge in [-0.05, 0) is 76.5 Å². The summed E-state index contributed by atoms with van der Waals surface area (Å²) in [4.78, 5) is 10.3. The lowest BCUT2D eigenvalue weighted by atomic mass is 10.1. The number of benzene rings is 3. The summed E-state index contributed by atoms with van der Waals surface area (Å²) >= 11 is 2.23. The van der Waals surface area contributed by atoms with E-state index in [-0.39, 0.29) is 5.69 Å². The zero-order valence-electron chi connectivity index (χ0n) is 16.1. The van der Waals surface area contributed by atoms with Crippen LogP contribution in [-0.2, 0) is 13.2 Å². The third-order valence-corrected chi connectivity index (χ3v) is 5.25. The number of hydrogen-bond donors (Lipinski definition) is 1. The molecule has 0 fully saturated rings. The second kappa shape index (κ2) is 9.60. The molecule has 3 aromatic carbocycles. The molecule has 0 heterocycles. The first-order valence-electron chi connectivity index (χ1n) is 9.00. The van der Waals surface area contributed by atoms with Crippen molar-refractivity contribution in [2.24, 2.45) is 0 Å². The van der Waals surface area contributed by atoms with E-state index in [0.29, 0.717) is 24.7 Å². The first kappa shape index (κ1) is 20.9. The molecule has 6 nitrogen and oxygen atoms in total. The van der Waals surface area contributed by atoms with Crippen molar-refractivity contribution >= 4 is 34.0 Å². The van der Waals surface area contributed by atoms with Crippen molar-refractivity contribution in [2.45, 2.75) is 20.1 Å². The molecule has 0 atom stereocenters. The highest BCUT2D eigenvalue weighted by atomic mass is 127. The van der Waals surface area contributed by atoms with Crippen LogP contribution in [0.4, 0.5) is 11.4 Å². The quantitative estimate of drug-likeness (QED) is 0.242. The van der Waals surface area contributed by atoms with Gasteiger partial charge in [-0.3, -0.25) is 10.1 Å². The molecule has 1 N–H and O–H groups in total. The van der Waals surface area contributed by atoms with Crippen LogP contribution < -0.4 is 14.8 Å². The number of ether oxygens (including phenoxy) is 2. The number of methoxy groups -OCH3 is 1. The Hall–Kier alpha value is -2.81. The fourth-order valence-corrected chi connectivity index (χ4v) is 3.67. The largest absolute Gasteiger partial charge is 0.493 e. The molecule has 0 aliphatic rings. The van der Waals surface area contributed by atoms with Gasteiger partial charge in [0.25, 0.3) is 5.69 Å². The van der Waals surface area contributed by atoms with Crippen molar-refractivity contribution in [3.05, 3.63) is 91.0 Å². The summed E-state index contributed by atoms with van der Waals surface area (Å²) in [5.74, 6) is 1.31. The lowest BCUT2D eigenvalue weighted by molar-refractivity contribution is -0.384. The summed E-state index contributed by atoms with van der Waals surface area (Å²) in [6.07, 6.45) is 0. The monoisotopic (exact) mass is 504 g/mol. The van der Waals surface area contributed by atoms with Crippen LogP contribution in [0.5, 0.6) is 11.5 Å². The van der Waals surface area contributed by atoms with E-state index in [1.807, 2.05) is 18.2 Å². The predicted octanol–water partition coefficient (Wildman–Crippen LogP) is 5.71. The molecule has 0 saturated carbocycles. The van der Waals surface area contributed by atoms with Crippen molar-refractivity contribution in [1.29, 1.82) is 0 Å². The zero-order chi connectivity index (χ0) is 20.8. The SMILES string of the molecule is COc1cc(CNc2ccccc2C)cc(I)c1OCc1ccc([N+](=O)[O-])cc1. The van der Waals surface area contributed by atoms with E-state index < -0.39 is 4.92 Å². The van der Waals surface area contributed by atoms with Gasteiger partial charge in [0.1, 0.15) is 6.61 Å². The Labute approximate surface area is 183 Å². The van der Waals surface area contributed by atoms with E-state index in [1.165, 1.54) is 17.7 Å². The number of nitrogens with one attached hydrogen (secondary N) is 1. The van der Waals surface area contributed by atoms with E-state index in [0.717, 1.165) is 20.4 Å². The third kappa shape index (κ3) is 5.38. The molecule has 0 amide bonds. The zero-order valence-corrected chi connectivity index (χ0v) is 18.3. The lowest BCUT2D eigenvalue weighted by Crippen LogP contribution is -2.04. The molecule has 7 heteroatoms. The van der Waals surface area contributed by atoms with Crippen LogP contribution in [-0.4, -0.2) is 12.0 Å². The highest BCUT2D eigenvalue weighted by Crippen LogP contribution is 2.35. The minimum atomic E-state index is -0.416. The van der Waals surface area contributed by atoms with Gasteiger partial charge in [0.15, 0.2) is 11.5 Å². The Morgan fingerprint density at radius 2 is 1.79 bits per heavy atom. The van der Waals surface area contributed by atoms with Gasteiger partial charge >= 0.3 is 0 Å². The Balaban J connectivity index is 1.71. The van der Waals surface area contributed by atoms with Crippen molar-refractivity contribution in [1.82, 2.24) is 0 Å². The molecule has 0 bridgehead atoms. The van der Waals surface area contributed by atoms with Gasteiger partial charge in [-0.15, -0.1) is 0 Å². The summed E-state index contributed by atoms with van der Waals surface area (Å²) in [7, 11) is 1.61. The van der Waals surface area contributed by atoms with E-state index in [4.69, 9.17) is 9.47 Å². The van der Waals surface area contributed by atoms with Crippen LogP contribution in [0.3, 0.4) is 0 Å². The standard InChI is InChI=1S/C22H21IN2O4/c1-15-5-3-4-6-20(15)24-13-17-11-19(23)22(21(12-17)28-2)29-14-16-7-9-18(10-8-16)25(26)27/h3-12,24H,13-14H2,1-2H3. The number of non-ortho nitro benzene ring substituents is 1. The molecule has 3 aromatic rings. The van der Waals surface area contributed by atoms with Crippen molar-refractivity contribution in [3.8, 4) is 11.5 Å². The van der Waals surface area contributed by atoms with Crippen LogP contribution in [0.2, 0.25) is 0 Å². The van der Waals surface area contributed by atoms with Crippen LogP contribution in [0.1, 0.15) is 16.7 Å². The number of hydrogen-bond acceptors (Lipinski definition) is 5. The Morgan fingerprint density at radius 3 is 2.45 bits per heavy atom. The van der Waals surface area contributed by atoms with E-state index in [9.17, 15) is 10.1 Å². The number of nitro groups is 1. The Bertz CT molecular complexity index is 1010. The molecule has 0 unspecified atom stereocenters. The van der Waals surface area contributed by atoms with Gasteiger partial charge < -0.3 is 14.8 Å². The summed E-state index contributed by atoms with van der Waals surface area (Å²) < 4.78 is 12.4. The minimum Gasteiger partial charge on any atom is -0.493 e. The number of rotatable bonds is 8. The molecule has 0 radical (unpaired) electrons. The van der Waals surface area contributed by atoms with Gasteiger partial charge in [0, 0.05) is 24.4 Å². The van der Waals surface area contributed by atoms with Crippen molar-refractivity contribution in [3.63, 3.8) is 0 Å². The van der Waals surface area contributed by atoms with E-state index >= 15 is 0 Å². The molecule has 29 heavy (non-hydrogen) atoms. The molecule has 0 saturated heterocycles. The van der Waals surface area contributed by atoms with Gasteiger partial charge in [0.2, 0.25) is 0 Å². The van der Waals surface area contributed by atoms with Crippen LogP contribution in [0.25, 0.3) is 0 Å². The number of halogens is 1. The summed E-state index contributed by atoms with van der Waals surface area (Å²) in [6.45, 7) is 3.03. The van der Waals surface area contributed by atoms with Crippen LogP contribution in [0.15, 0.2) is 60.7 Å². The topological polar surface area (TPSA) is 73.6 Å². The Kier molecular flexibility index (Phi) is 6.92. The summed E-state index contributed by atoms with van der Waals surface area (Å²) in [6, 6.07) is 18.5. The number of nitro benzene ring substituents is 1. The van der Waals surface area contributed by atoms with Crippen molar-refractivity contribution < 1.29 is 14.4 Å². The molecule has 150 valence electrons. The molecular formula is C22H21IN2O4. The molecule has 0 aliphatic heterocycles. The fraction of sp³-hybridized carbons (Fsp3) is 0.182. The minimum absolute atomic E-state index is 0.0615. The molecule has 0 spiro atoms. The number of aryl methyl sites for hydroxylation is 1. The molecular weight excluding hydrogens is 483 g/mol. The molecule has 0 aromatic heterocycles. The van der Waals surface area contributed by atoms with E-state index in [2.05, 4.69) is 53.0 Å². The van der Waals surface area contributed by atoms with Gasteiger partial charge in [-0.1, -0.05) is 18.2 Å². The number of nitrogens with zero attached hydrogens (tertiary/aromatic N) is 1. The first-order chi connectivity index (χ1) is 14.0. The average molecular weight is 504 g/mol. The summed E-state index contributed by atoms with van der Waals surface area (Å²) in [5.41, 5.74) is 4.28. The maximum Gasteiger partial charge on any atom is 0.269 e. The first-order valence-corrected chi connectivity index (χ1v) is 10.1. The fourth-order valence-electron chi connectivity index (χ4n) is 2.85. The highest BCUT2D eigenvalue weighted by Gasteiger charge is 2.13. The van der Waals surface area contributed by atoms with Gasteiger partial charge in [-0.2, -0.15) is 0 Å². The smallest absolute Gasteiger partial charge is 0.269 e. The lowest BCUT2D eigenvalue weighted by Gasteiger charge is -2.15. The number of anilines is 1. The second-order valence-electron chi connectivity index (χ2n) is 6.49. The van der Waals surface area contributed by atoms with E-state index in [1.54, 1.807) is 19.2 Å². The normalized spacial score (nSPS) is 10.4. The highest BCUT2D eigenvalue weighted by molar-refractivity contribution is 14.1.